The third-order valence-corrected chi connectivity index (χ3v) is 4.91. The molecule has 3 nitrogen and oxygen atoms in total. The lowest BCUT2D eigenvalue weighted by Crippen LogP contribution is -2.22. The van der Waals surface area contributed by atoms with Crippen molar-refractivity contribution in [2.45, 2.75) is 46.7 Å². The number of nitrogens with one attached hydrogen (secondary N) is 1. The van der Waals surface area contributed by atoms with E-state index in [0.717, 1.165) is 29.5 Å². The van der Waals surface area contributed by atoms with Crippen LogP contribution >= 0.6 is 22.9 Å². The second kappa shape index (κ2) is 6.74. The van der Waals surface area contributed by atoms with Gasteiger partial charge in [0.2, 0.25) is 0 Å². The zero-order valence-electron chi connectivity index (χ0n) is 12.5. The number of aromatic nitrogens is 2. The van der Waals surface area contributed by atoms with Crippen LogP contribution in [0.15, 0.2) is 12.1 Å². The summed E-state index contributed by atoms with van der Waals surface area (Å²) in [5.74, 6) is 0. The largest absolute Gasteiger partial charge is 0.310 e. The fourth-order valence-corrected chi connectivity index (χ4v) is 3.73. The van der Waals surface area contributed by atoms with Gasteiger partial charge in [-0.15, -0.1) is 11.3 Å². The van der Waals surface area contributed by atoms with Crippen LogP contribution in [0, 0.1) is 13.8 Å². The van der Waals surface area contributed by atoms with Gasteiger partial charge in [0, 0.05) is 35.3 Å². The molecule has 0 radical (unpaired) electrons. The molecule has 110 valence electrons. The number of aryl methyl sites for hydroxylation is 2. The molecule has 0 fully saturated rings. The van der Waals surface area contributed by atoms with Gasteiger partial charge in [0.1, 0.15) is 0 Å². The Kier molecular flexibility index (Phi) is 5.24. The quantitative estimate of drug-likeness (QED) is 0.869. The summed E-state index contributed by atoms with van der Waals surface area (Å²) in [4.78, 5) is 1.33. The van der Waals surface area contributed by atoms with E-state index >= 15 is 0 Å². The van der Waals surface area contributed by atoms with Crippen LogP contribution in [0.2, 0.25) is 4.34 Å². The molecule has 20 heavy (non-hydrogen) atoms. The summed E-state index contributed by atoms with van der Waals surface area (Å²) in [6.45, 7) is 10.4. The maximum Gasteiger partial charge on any atom is 0.0931 e. The highest BCUT2D eigenvalue weighted by molar-refractivity contribution is 7.16. The highest BCUT2D eigenvalue weighted by atomic mass is 35.5. The average Bonchev–Trinajstić information content (AvgIpc) is 2.93. The van der Waals surface area contributed by atoms with E-state index in [9.17, 15) is 0 Å². The van der Waals surface area contributed by atoms with E-state index in [-0.39, 0.29) is 0 Å². The van der Waals surface area contributed by atoms with Crippen LogP contribution in [0.5, 0.6) is 0 Å². The molecule has 0 aromatic carbocycles. The van der Waals surface area contributed by atoms with Crippen LogP contribution in [0.3, 0.4) is 0 Å². The number of hydrogen-bond donors (Lipinski definition) is 1. The Morgan fingerprint density at radius 3 is 2.70 bits per heavy atom. The van der Waals surface area contributed by atoms with Crippen molar-refractivity contribution in [2.24, 2.45) is 0 Å². The molecular formula is C15H22ClN3S. The predicted octanol–water partition coefficient (Wildman–Crippen LogP) is 4.13. The Balaban J connectivity index is 1.95. The topological polar surface area (TPSA) is 29.9 Å². The first-order chi connectivity index (χ1) is 9.52. The normalized spacial score (nSPS) is 12.8. The van der Waals surface area contributed by atoms with Crippen molar-refractivity contribution < 1.29 is 0 Å². The molecule has 0 aliphatic carbocycles. The molecule has 0 aliphatic rings. The number of rotatable bonds is 6. The maximum atomic E-state index is 5.95. The molecule has 0 saturated carbocycles. The Morgan fingerprint density at radius 2 is 2.15 bits per heavy atom. The first kappa shape index (κ1) is 15.5. The van der Waals surface area contributed by atoms with Gasteiger partial charge in [-0.3, -0.25) is 4.68 Å². The summed E-state index contributed by atoms with van der Waals surface area (Å²) < 4.78 is 2.94. The minimum atomic E-state index is 0.325. The van der Waals surface area contributed by atoms with E-state index in [1.807, 2.05) is 6.07 Å². The second-order valence-corrected chi connectivity index (χ2v) is 6.83. The molecule has 0 bridgehead atoms. The molecule has 1 N–H and O–H groups in total. The van der Waals surface area contributed by atoms with E-state index < -0.39 is 0 Å². The highest BCUT2D eigenvalue weighted by Gasteiger charge is 2.16. The highest BCUT2D eigenvalue weighted by Crippen LogP contribution is 2.23. The lowest BCUT2D eigenvalue weighted by atomic mass is 10.1. The third-order valence-electron chi connectivity index (χ3n) is 3.62. The lowest BCUT2D eigenvalue weighted by Gasteiger charge is -2.14. The van der Waals surface area contributed by atoms with Crippen molar-refractivity contribution in [1.82, 2.24) is 15.1 Å². The van der Waals surface area contributed by atoms with Gasteiger partial charge in [-0.1, -0.05) is 11.6 Å². The van der Waals surface area contributed by atoms with Crippen LogP contribution in [-0.2, 0) is 13.0 Å². The molecule has 5 heteroatoms. The number of hydrogen-bond acceptors (Lipinski definition) is 3. The lowest BCUT2D eigenvalue weighted by molar-refractivity contribution is 0.570. The molecule has 2 rings (SSSR count). The van der Waals surface area contributed by atoms with Crippen LogP contribution < -0.4 is 5.32 Å². The van der Waals surface area contributed by atoms with Crippen molar-refractivity contribution in [3.8, 4) is 0 Å². The fourth-order valence-electron chi connectivity index (χ4n) is 2.65. The van der Waals surface area contributed by atoms with Gasteiger partial charge in [-0.2, -0.15) is 5.10 Å². The monoisotopic (exact) mass is 311 g/mol. The number of nitrogens with zero attached hydrogens (tertiary/aromatic N) is 2. The summed E-state index contributed by atoms with van der Waals surface area (Å²) >= 11 is 7.60. The predicted molar refractivity (Wildman–Crippen MR) is 86.8 cm³/mol. The summed E-state index contributed by atoms with van der Waals surface area (Å²) in [5.41, 5.74) is 3.73. The molecule has 0 aliphatic heterocycles. The molecule has 1 atom stereocenters. The fraction of sp³-hybridized carbons (Fsp3) is 0.533. The molecule has 2 heterocycles. The third kappa shape index (κ3) is 3.43. The molecule has 0 spiro atoms. The van der Waals surface area contributed by atoms with E-state index in [4.69, 9.17) is 11.6 Å². The van der Waals surface area contributed by atoms with Gasteiger partial charge in [-0.25, -0.2) is 0 Å². The summed E-state index contributed by atoms with van der Waals surface area (Å²) in [5, 5.41) is 8.17. The van der Waals surface area contributed by atoms with Gasteiger partial charge >= 0.3 is 0 Å². The van der Waals surface area contributed by atoms with Crippen LogP contribution in [0.25, 0.3) is 0 Å². The minimum Gasteiger partial charge on any atom is -0.310 e. The molecule has 0 saturated heterocycles. The van der Waals surface area contributed by atoms with Crippen LogP contribution in [-0.4, -0.2) is 16.3 Å². The van der Waals surface area contributed by atoms with Crippen molar-refractivity contribution in [3.05, 3.63) is 38.3 Å². The van der Waals surface area contributed by atoms with E-state index in [2.05, 4.69) is 48.9 Å². The molecule has 1 unspecified atom stereocenters. The van der Waals surface area contributed by atoms with Gasteiger partial charge in [0.05, 0.1) is 10.0 Å². The second-order valence-electron chi connectivity index (χ2n) is 5.03. The van der Waals surface area contributed by atoms with Crippen LogP contribution in [0.1, 0.15) is 41.7 Å². The summed E-state index contributed by atoms with van der Waals surface area (Å²) in [6, 6.07) is 4.39. The molecular weight excluding hydrogens is 290 g/mol. The summed E-state index contributed by atoms with van der Waals surface area (Å²) in [6.07, 6.45) is 1.02. The number of thiophene rings is 1. The zero-order chi connectivity index (χ0) is 14.7. The smallest absolute Gasteiger partial charge is 0.0931 e. The Hall–Kier alpha value is -0.840. The van der Waals surface area contributed by atoms with Crippen molar-refractivity contribution >= 4 is 22.9 Å². The van der Waals surface area contributed by atoms with Gasteiger partial charge in [0.25, 0.3) is 0 Å². The first-order valence-electron chi connectivity index (χ1n) is 7.04. The van der Waals surface area contributed by atoms with E-state index in [0.29, 0.717) is 6.04 Å². The zero-order valence-corrected chi connectivity index (χ0v) is 14.1. The van der Waals surface area contributed by atoms with Crippen molar-refractivity contribution in [1.29, 1.82) is 0 Å². The van der Waals surface area contributed by atoms with Gasteiger partial charge in [-0.05, 0) is 46.2 Å². The van der Waals surface area contributed by atoms with Gasteiger partial charge < -0.3 is 5.32 Å². The standard InChI is InChI=1S/C15H22ClN3S/c1-5-19-12(4)15(11(3)18-19)10(2)17-9-8-13-6-7-14(16)20-13/h6-7,10,17H,5,8-9H2,1-4H3. The van der Waals surface area contributed by atoms with Crippen LogP contribution in [0.4, 0.5) is 0 Å². The van der Waals surface area contributed by atoms with E-state index in [1.54, 1.807) is 11.3 Å². The van der Waals surface area contributed by atoms with Gasteiger partial charge in [0.15, 0.2) is 0 Å². The van der Waals surface area contributed by atoms with E-state index in [1.165, 1.54) is 16.1 Å². The molecule has 2 aromatic rings. The average molecular weight is 312 g/mol. The maximum absolute atomic E-state index is 5.95. The Bertz CT molecular complexity index is 574. The number of halogens is 1. The first-order valence-corrected chi connectivity index (χ1v) is 8.23. The minimum absolute atomic E-state index is 0.325. The Morgan fingerprint density at radius 1 is 1.40 bits per heavy atom. The van der Waals surface area contributed by atoms with Crippen molar-refractivity contribution in [3.63, 3.8) is 0 Å². The molecule has 2 aromatic heterocycles. The summed E-state index contributed by atoms with van der Waals surface area (Å²) in [7, 11) is 0. The molecule has 0 amide bonds. The SMILES string of the molecule is CCn1nc(C)c(C(C)NCCc2ccc(Cl)s2)c1C. The Labute approximate surface area is 130 Å². The van der Waals surface area contributed by atoms with Crippen molar-refractivity contribution in [2.75, 3.05) is 6.54 Å².